The van der Waals surface area contributed by atoms with Gasteiger partial charge in [0, 0.05) is 20.0 Å². The summed E-state index contributed by atoms with van der Waals surface area (Å²) in [4.78, 5) is 12.2. The Morgan fingerprint density at radius 3 is 2.53 bits per heavy atom. The number of amides is 1. The number of rotatable bonds is 5. The molecule has 0 aliphatic rings. The fourth-order valence-corrected chi connectivity index (χ4v) is 3.07. The summed E-state index contributed by atoms with van der Waals surface area (Å²) in [6, 6.07) is 7.64. The molecule has 0 saturated carbocycles. The van der Waals surface area contributed by atoms with E-state index in [1.165, 1.54) is 0 Å². The van der Waals surface area contributed by atoms with Gasteiger partial charge in [0.15, 0.2) is 0 Å². The number of nitrogens with one attached hydrogen (secondary N) is 1. The monoisotopic (exact) mass is 409 g/mol. The van der Waals surface area contributed by atoms with Gasteiger partial charge in [0.1, 0.15) is 0 Å². The van der Waals surface area contributed by atoms with E-state index in [2.05, 4.69) is 57.7 Å². The number of hydrogen-bond donors (Lipinski definition) is 1. The Hall–Kier alpha value is -0.100. The van der Waals surface area contributed by atoms with E-state index in [0.717, 1.165) is 27.3 Å². The second-order valence-electron chi connectivity index (χ2n) is 4.09. The highest BCUT2D eigenvalue weighted by atomic mass is 127. The Balaban J connectivity index is 2.84. The van der Waals surface area contributed by atoms with Crippen molar-refractivity contribution in [1.29, 1.82) is 0 Å². The molecule has 2 nitrogen and oxygen atoms in total. The summed E-state index contributed by atoms with van der Waals surface area (Å²) in [5, 5.41) is 3.91. The third-order valence-electron chi connectivity index (χ3n) is 3.07. The number of hydrogen-bond acceptors (Lipinski definition) is 1. The lowest BCUT2D eigenvalue weighted by Crippen LogP contribution is -2.49. The number of carbonyl (C=O) groups excluding carboxylic acids is 1. The van der Waals surface area contributed by atoms with E-state index in [0.29, 0.717) is 0 Å². The van der Waals surface area contributed by atoms with Gasteiger partial charge >= 0.3 is 0 Å². The third kappa shape index (κ3) is 3.95. The minimum absolute atomic E-state index is 0.00617. The van der Waals surface area contributed by atoms with Crippen LogP contribution in [0, 0.1) is 3.57 Å². The standard InChI is InChI=1S/C13H17BrINO/c1-3-13(4-2,9-14)16-12(17)10-6-5-7-11(15)8-10/h5-8H,3-4,9H2,1-2H3,(H,16,17). The third-order valence-corrected chi connectivity index (χ3v) is 4.82. The Morgan fingerprint density at radius 1 is 1.41 bits per heavy atom. The maximum atomic E-state index is 12.2. The van der Waals surface area contributed by atoms with Crippen LogP contribution < -0.4 is 5.32 Å². The van der Waals surface area contributed by atoms with Crippen LogP contribution in [-0.4, -0.2) is 16.8 Å². The van der Waals surface area contributed by atoms with Crippen LogP contribution in [0.1, 0.15) is 37.0 Å². The van der Waals surface area contributed by atoms with Crippen molar-refractivity contribution >= 4 is 44.4 Å². The second kappa shape index (κ2) is 6.73. The zero-order valence-corrected chi connectivity index (χ0v) is 13.8. The van der Waals surface area contributed by atoms with Crippen LogP contribution in [0.3, 0.4) is 0 Å². The molecule has 0 saturated heterocycles. The van der Waals surface area contributed by atoms with Crippen molar-refractivity contribution in [2.24, 2.45) is 0 Å². The van der Waals surface area contributed by atoms with Gasteiger partial charge in [-0.15, -0.1) is 0 Å². The van der Waals surface area contributed by atoms with Crippen LogP contribution in [0.25, 0.3) is 0 Å². The van der Waals surface area contributed by atoms with Crippen molar-refractivity contribution in [3.05, 3.63) is 33.4 Å². The zero-order valence-electron chi connectivity index (χ0n) is 10.1. The number of alkyl halides is 1. The zero-order chi connectivity index (χ0) is 12.9. The number of benzene rings is 1. The van der Waals surface area contributed by atoms with Crippen molar-refractivity contribution in [1.82, 2.24) is 5.32 Å². The lowest BCUT2D eigenvalue weighted by Gasteiger charge is -2.30. The number of carbonyl (C=O) groups is 1. The predicted molar refractivity (Wildman–Crippen MR) is 83.7 cm³/mol. The largest absolute Gasteiger partial charge is 0.346 e. The van der Waals surface area contributed by atoms with E-state index in [9.17, 15) is 4.79 Å². The van der Waals surface area contributed by atoms with Crippen LogP contribution in [-0.2, 0) is 0 Å². The molecule has 0 aliphatic carbocycles. The first kappa shape index (κ1) is 15.0. The molecule has 1 N–H and O–H groups in total. The van der Waals surface area contributed by atoms with Crippen molar-refractivity contribution in [2.45, 2.75) is 32.2 Å². The molecule has 0 fully saturated rings. The highest BCUT2D eigenvalue weighted by Crippen LogP contribution is 2.19. The lowest BCUT2D eigenvalue weighted by atomic mass is 9.95. The van der Waals surface area contributed by atoms with Crippen molar-refractivity contribution in [3.8, 4) is 0 Å². The fourth-order valence-electron chi connectivity index (χ4n) is 1.59. The van der Waals surface area contributed by atoms with Gasteiger partial charge < -0.3 is 5.32 Å². The van der Waals surface area contributed by atoms with Crippen molar-refractivity contribution in [3.63, 3.8) is 0 Å². The summed E-state index contributed by atoms with van der Waals surface area (Å²) < 4.78 is 1.08. The van der Waals surface area contributed by atoms with E-state index in [1.807, 2.05) is 24.3 Å². The van der Waals surface area contributed by atoms with E-state index in [1.54, 1.807) is 0 Å². The minimum Gasteiger partial charge on any atom is -0.346 e. The molecule has 4 heteroatoms. The summed E-state index contributed by atoms with van der Waals surface area (Å²) in [5.41, 5.74) is 0.586. The normalized spacial score (nSPS) is 11.3. The molecule has 1 aromatic rings. The molecular formula is C13H17BrINO. The molecule has 0 unspecified atom stereocenters. The smallest absolute Gasteiger partial charge is 0.251 e. The first-order valence-corrected chi connectivity index (χ1v) is 7.91. The predicted octanol–water partition coefficient (Wildman–Crippen LogP) is 3.97. The topological polar surface area (TPSA) is 29.1 Å². The van der Waals surface area contributed by atoms with Gasteiger partial charge in [-0.05, 0) is 53.6 Å². The van der Waals surface area contributed by atoms with Crippen LogP contribution in [0.5, 0.6) is 0 Å². The first-order chi connectivity index (χ1) is 8.06. The molecule has 1 aromatic carbocycles. The lowest BCUT2D eigenvalue weighted by molar-refractivity contribution is 0.0903. The Labute approximate surface area is 125 Å². The summed E-state index contributed by atoms with van der Waals surface area (Å²) in [6.07, 6.45) is 1.84. The fraction of sp³-hybridized carbons (Fsp3) is 0.462. The average Bonchev–Trinajstić information content (AvgIpc) is 2.36. The van der Waals surface area contributed by atoms with Crippen molar-refractivity contribution in [2.75, 3.05) is 5.33 Å². The van der Waals surface area contributed by atoms with Crippen LogP contribution in [0.2, 0.25) is 0 Å². The quantitative estimate of drug-likeness (QED) is 0.578. The highest BCUT2D eigenvalue weighted by Gasteiger charge is 2.27. The van der Waals surface area contributed by atoms with Gasteiger partial charge in [-0.1, -0.05) is 35.8 Å². The molecule has 1 amide bonds. The van der Waals surface area contributed by atoms with Crippen LogP contribution in [0.15, 0.2) is 24.3 Å². The van der Waals surface area contributed by atoms with Gasteiger partial charge in [0.25, 0.3) is 5.91 Å². The van der Waals surface area contributed by atoms with E-state index < -0.39 is 0 Å². The van der Waals surface area contributed by atoms with E-state index >= 15 is 0 Å². The molecule has 0 aliphatic heterocycles. The summed E-state index contributed by atoms with van der Waals surface area (Å²) in [5.74, 6) is 0.00617. The first-order valence-electron chi connectivity index (χ1n) is 5.71. The summed E-state index contributed by atoms with van der Waals surface area (Å²) in [7, 11) is 0. The molecule has 94 valence electrons. The van der Waals surface area contributed by atoms with Gasteiger partial charge in [0.2, 0.25) is 0 Å². The molecule has 0 radical (unpaired) electrons. The number of halogens is 2. The average molecular weight is 410 g/mol. The van der Waals surface area contributed by atoms with E-state index in [4.69, 9.17) is 0 Å². The van der Waals surface area contributed by atoms with Gasteiger partial charge in [0.05, 0.1) is 0 Å². The van der Waals surface area contributed by atoms with Crippen LogP contribution in [0.4, 0.5) is 0 Å². The Kier molecular flexibility index (Phi) is 5.92. The Bertz CT molecular complexity index is 382. The Morgan fingerprint density at radius 2 is 2.06 bits per heavy atom. The highest BCUT2D eigenvalue weighted by molar-refractivity contribution is 14.1. The van der Waals surface area contributed by atoms with Gasteiger partial charge in [-0.3, -0.25) is 4.79 Å². The van der Waals surface area contributed by atoms with Gasteiger partial charge in [-0.25, -0.2) is 0 Å². The SMILES string of the molecule is CCC(CC)(CBr)NC(=O)c1cccc(I)c1. The summed E-state index contributed by atoms with van der Waals surface area (Å²) in [6.45, 7) is 4.19. The molecule has 0 atom stereocenters. The van der Waals surface area contributed by atoms with E-state index in [-0.39, 0.29) is 11.4 Å². The molecule has 0 spiro atoms. The molecule has 17 heavy (non-hydrogen) atoms. The summed E-state index contributed by atoms with van der Waals surface area (Å²) >= 11 is 5.71. The van der Waals surface area contributed by atoms with Crippen molar-refractivity contribution < 1.29 is 4.79 Å². The molecule has 0 aromatic heterocycles. The molecular weight excluding hydrogens is 393 g/mol. The maximum absolute atomic E-state index is 12.2. The van der Waals surface area contributed by atoms with Crippen LogP contribution >= 0.6 is 38.5 Å². The molecule has 1 rings (SSSR count). The molecule has 0 bridgehead atoms. The molecule has 0 heterocycles. The maximum Gasteiger partial charge on any atom is 0.251 e. The second-order valence-corrected chi connectivity index (χ2v) is 5.89. The van der Waals surface area contributed by atoms with Gasteiger partial charge in [-0.2, -0.15) is 0 Å². The minimum atomic E-state index is -0.141.